The second-order valence-electron chi connectivity index (χ2n) is 6.75. The first-order valence-corrected chi connectivity index (χ1v) is 10.3. The lowest BCUT2D eigenvalue weighted by Crippen LogP contribution is -2.33. The molecule has 2 heterocycles. The summed E-state index contributed by atoms with van der Waals surface area (Å²) in [6.07, 6.45) is 3.99. The van der Waals surface area contributed by atoms with Crippen molar-refractivity contribution in [3.8, 4) is 0 Å². The lowest BCUT2D eigenvalue weighted by Gasteiger charge is -2.18. The number of rotatable bonds is 4. The molecule has 27 heavy (non-hydrogen) atoms. The molecule has 0 spiro atoms. The van der Waals surface area contributed by atoms with Gasteiger partial charge in [0.2, 0.25) is 5.91 Å². The molecule has 1 N–H and O–H groups in total. The highest BCUT2D eigenvalue weighted by molar-refractivity contribution is 7.09. The number of hydrogen-bond acceptors (Lipinski definition) is 4. The van der Waals surface area contributed by atoms with Crippen molar-refractivity contribution in [2.45, 2.75) is 38.8 Å². The van der Waals surface area contributed by atoms with Crippen molar-refractivity contribution < 1.29 is 4.79 Å². The summed E-state index contributed by atoms with van der Waals surface area (Å²) in [7, 11) is 1.71. The maximum absolute atomic E-state index is 12.7. The van der Waals surface area contributed by atoms with Gasteiger partial charge in [0.1, 0.15) is 12.4 Å². The van der Waals surface area contributed by atoms with Gasteiger partial charge < -0.3 is 9.88 Å². The SMILES string of the molecule is CN(Cc1nc2cc(Cl)c(Cl)cc2[nH]1)C(=O)Cn1c2c(sc1=O)CCCC2. The van der Waals surface area contributed by atoms with Crippen molar-refractivity contribution in [3.05, 3.63) is 48.2 Å². The predicted octanol–water partition coefficient (Wildman–Crippen LogP) is 3.63. The zero-order valence-corrected chi connectivity index (χ0v) is 17.0. The number of nitrogens with zero attached hydrogens (tertiary/aromatic N) is 3. The van der Waals surface area contributed by atoms with Crippen LogP contribution in [-0.2, 0) is 30.7 Å². The van der Waals surface area contributed by atoms with E-state index >= 15 is 0 Å². The average Bonchev–Trinajstić information content (AvgIpc) is 3.15. The van der Waals surface area contributed by atoms with Crippen molar-refractivity contribution in [3.63, 3.8) is 0 Å². The van der Waals surface area contributed by atoms with Crippen LogP contribution in [0.15, 0.2) is 16.9 Å². The van der Waals surface area contributed by atoms with Crippen LogP contribution in [0, 0.1) is 0 Å². The molecule has 0 saturated carbocycles. The quantitative estimate of drug-likeness (QED) is 0.694. The number of halogens is 2. The van der Waals surface area contributed by atoms with Gasteiger partial charge in [-0.15, -0.1) is 0 Å². The highest BCUT2D eigenvalue weighted by Gasteiger charge is 2.21. The molecule has 0 radical (unpaired) electrons. The fourth-order valence-electron chi connectivity index (χ4n) is 3.39. The third-order valence-electron chi connectivity index (χ3n) is 4.83. The van der Waals surface area contributed by atoms with Crippen molar-refractivity contribution in [2.75, 3.05) is 7.05 Å². The van der Waals surface area contributed by atoms with Crippen molar-refractivity contribution >= 4 is 51.5 Å². The number of likely N-dealkylation sites (N-methyl/N-ethyl adjacent to an activating group) is 1. The van der Waals surface area contributed by atoms with Crippen LogP contribution in [0.1, 0.15) is 29.2 Å². The van der Waals surface area contributed by atoms with Gasteiger partial charge in [-0.3, -0.25) is 14.2 Å². The Morgan fingerprint density at radius 2 is 2.04 bits per heavy atom. The standard InChI is InChI=1S/C18H18Cl2N4O2S/c1-23(8-16-21-12-6-10(19)11(20)7-13(12)22-16)17(25)9-24-14-4-2-3-5-15(14)27-18(24)26/h6-7H,2-5,8-9H2,1H3,(H,21,22). The Hall–Kier alpha value is -1.83. The van der Waals surface area contributed by atoms with Crippen LogP contribution in [-0.4, -0.2) is 32.4 Å². The lowest BCUT2D eigenvalue weighted by atomic mass is 10.0. The van der Waals surface area contributed by atoms with E-state index in [-0.39, 0.29) is 17.3 Å². The lowest BCUT2D eigenvalue weighted by molar-refractivity contribution is -0.131. The summed E-state index contributed by atoms with van der Waals surface area (Å²) in [5.74, 6) is 0.513. The molecule has 1 aliphatic carbocycles. The van der Waals surface area contributed by atoms with Crippen molar-refractivity contribution in [2.24, 2.45) is 0 Å². The molecule has 0 fully saturated rings. The predicted molar refractivity (Wildman–Crippen MR) is 108 cm³/mol. The first kappa shape index (κ1) is 18.5. The molecule has 0 aliphatic heterocycles. The number of hydrogen-bond donors (Lipinski definition) is 1. The monoisotopic (exact) mass is 424 g/mol. The Morgan fingerprint density at radius 3 is 2.85 bits per heavy atom. The summed E-state index contributed by atoms with van der Waals surface area (Å²) < 4.78 is 1.64. The largest absolute Gasteiger partial charge is 0.340 e. The summed E-state index contributed by atoms with van der Waals surface area (Å²) in [4.78, 5) is 35.2. The van der Waals surface area contributed by atoms with Crippen LogP contribution >= 0.6 is 34.5 Å². The molecule has 1 amide bonds. The van der Waals surface area contributed by atoms with Gasteiger partial charge in [-0.2, -0.15) is 0 Å². The van der Waals surface area contributed by atoms with Gasteiger partial charge in [-0.25, -0.2) is 4.98 Å². The Bertz CT molecular complexity index is 1050. The molecule has 1 aliphatic rings. The first-order valence-electron chi connectivity index (χ1n) is 8.71. The molecule has 0 unspecified atom stereocenters. The van der Waals surface area contributed by atoms with Crippen LogP contribution in [0.2, 0.25) is 10.0 Å². The number of amides is 1. The number of imidazole rings is 1. The summed E-state index contributed by atoms with van der Waals surface area (Å²) in [6.45, 7) is 0.378. The fourth-order valence-corrected chi connectivity index (χ4v) is 4.78. The average molecular weight is 425 g/mol. The third kappa shape index (κ3) is 3.63. The van der Waals surface area contributed by atoms with Gasteiger partial charge in [0.15, 0.2) is 0 Å². The second kappa shape index (κ2) is 7.30. The molecule has 3 aromatic rings. The van der Waals surface area contributed by atoms with Gasteiger partial charge in [0.05, 0.1) is 27.6 Å². The number of aromatic nitrogens is 3. The summed E-state index contributed by atoms with van der Waals surface area (Å²) in [6, 6.07) is 3.41. The minimum absolute atomic E-state index is 0.0447. The third-order valence-corrected chi connectivity index (χ3v) is 6.63. The molecule has 6 nitrogen and oxygen atoms in total. The number of thiazole rings is 1. The highest BCUT2D eigenvalue weighted by atomic mass is 35.5. The van der Waals surface area contributed by atoms with Crippen LogP contribution in [0.25, 0.3) is 11.0 Å². The summed E-state index contributed by atoms with van der Waals surface area (Å²) in [5, 5.41) is 0.888. The molecule has 0 bridgehead atoms. The van der Waals surface area contributed by atoms with Crippen molar-refractivity contribution in [1.29, 1.82) is 0 Å². The Morgan fingerprint density at radius 1 is 1.30 bits per heavy atom. The summed E-state index contributed by atoms with van der Waals surface area (Å²) >= 11 is 13.3. The number of benzene rings is 1. The van der Waals surface area contributed by atoms with Crippen molar-refractivity contribution in [1.82, 2.24) is 19.4 Å². The summed E-state index contributed by atoms with van der Waals surface area (Å²) in [5.41, 5.74) is 2.50. The van der Waals surface area contributed by atoms with Gasteiger partial charge in [-0.1, -0.05) is 34.5 Å². The normalized spacial score (nSPS) is 13.7. The van der Waals surface area contributed by atoms with Gasteiger partial charge in [0.25, 0.3) is 0 Å². The van der Waals surface area contributed by atoms with Crippen LogP contribution < -0.4 is 4.87 Å². The fraction of sp³-hybridized carbons (Fsp3) is 0.389. The second-order valence-corrected chi connectivity index (χ2v) is 8.61. The topological polar surface area (TPSA) is 71.0 Å². The maximum atomic E-state index is 12.7. The Labute approximate surface area is 169 Å². The number of nitrogens with one attached hydrogen (secondary N) is 1. The minimum Gasteiger partial charge on any atom is -0.340 e. The number of fused-ring (bicyclic) bond motifs is 2. The van der Waals surface area contributed by atoms with Crippen LogP contribution in [0.3, 0.4) is 0 Å². The van der Waals surface area contributed by atoms with E-state index in [2.05, 4.69) is 9.97 Å². The van der Waals surface area contributed by atoms with Crippen LogP contribution in [0.5, 0.6) is 0 Å². The van der Waals surface area contributed by atoms with Crippen LogP contribution in [0.4, 0.5) is 0 Å². The molecule has 142 valence electrons. The van der Waals surface area contributed by atoms with E-state index in [4.69, 9.17) is 23.2 Å². The number of carbonyl (C=O) groups excluding carboxylic acids is 1. The van der Waals surface area contributed by atoms with E-state index in [0.717, 1.165) is 41.8 Å². The molecular formula is C18H18Cl2N4O2S. The minimum atomic E-state index is -0.125. The van der Waals surface area contributed by atoms with E-state index in [9.17, 15) is 9.59 Å². The van der Waals surface area contributed by atoms with Gasteiger partial charge in [-0.05, 0) is 37.8 Å². The zero-order chi connectivity index (χ0) is 19.1. The highest BCUT2D eigenvalue weighted by Crippen LogP contribution is 2.27. The molecule has 0 atom stereocenters. The smallest absolute Gasteiger partial charge is 0.308 e. The molecule has 2 aromatic heterocycles. The maximum Gasteiger partial charge on any atom is 0.308 e. The molecule has 9 heteroatoms. The van der Waals surface area contributed by atoms with E-state index in [1.54, 1.807) is 28.6 Å². The molecule has 0 saturated heterocycles. The van der Waals surface area contributed by atoms with Gasteiger partial charge >= 0.3 is 4.87 Å². The van der Waals surface area contributed by atoms with Gasteiger partial charge in [0, 0.05) is 17.6 Å². The number of carbonyl (C=O) groups is 1. The Balaban J connectivity index is 1.50. The van der Waals surface area contributed by atoms with E-state index in [1.165, 1.54) is 11.3 Å². The zero-order valence-electron chi connectivity index (χ0n) is 14.7. The Kier molecular flexibility index (Phi) is 5.01. The molecular weight excluding hydrogens is 407 g/mol. The van der Waals surface area contributed by atoms with E-state index < -0.39 is 0 Å². The number of aryl methyl sites for hydroxylation is 1. The number of H-pyrrole nitrogens is 1. The number of aromatic amines is 1. The molecule has 4 rings (SSSR count). The first-order chi connectivity index (χ1) is 12.9. The molecule has 1 aromatic carbocycles. The van der Waals surface area contributed by atoms with E-state index in [1.807, 2.05) is 0 Å². The van der Waals surface area contributed by atoms with E-state index in [0.29, 0.717) is 27.9 Å².